The van der Waals surface area contributed by atoms with Crippen molar-refractivity contribution in [1.29, 1.82) is 5.26 Å². The second kappa shape index (κ2) is 7.43. The largest absolute Gasteiger partial charge is 0.385 e. The van der Waals surface area contributed by atoms with Gasteiger partial charge in [-0.2, -0.15) is 5.26 Å². The summed E-state index contributed by atoms with van der Waals surface area (Å²) in [5.41, 5.74) is 7.29. The smallest absolute Gasteiger partial charge is 0.241 e. The number of ether oxygens (including phenoxy) is 1. The molecule has 0 aliphatic rings. The van der Waals surface area contributed by atoms with Crippen LogP contribution in [0.15, 0.2) is 24.3 Å². The quantitative estimate of drug-likeness (QED) is 0.786. The average molecular weight is 247 g/mol. The zero-order valence-electron chi connectivity index (χ0n) is 10.3. The Bertz CT molecular complexity index is 423. The van der Waals surface area contributed by atoms with Gasteiger partial charge in [0.2, 0.25) is 5.91 Å². The number of carbonyl (C=O) groups is 1. The van der Waals surface area contributed by atoms with Gasteiger partial charge in [-0.05, 0) is 24.1 Å². The van der Waals surface area contributed by atoms with Crippen molar-refractivity contribution in [2.24, 2.45) is 5.73 Å². The van der Waals surface area contributed by atoms with E-state index < -0.39 is 6.04 Å². The van der Waals surface area contributed by atoms with E-state index in [1.165, 1.54) is 0 Å². The molecule has 0 heterocycles. The first-order chi connectivity index (χ1) is 8.67. The van der Waals surface area contributed by atoms with Crippen LogP contribution < -0.4 is 11.1 Å². The molecule has 1 rings (SSSR count). The molecule has 0 aliphatic heterocycles. The highest BCUT2D eigenvalue weighted by atomic mass is 16.5. The number of nitrogens with zero attached hydrogens (tertiary/aromatic N) is 1. The van der Waals surface area contributed by atoms with E-state index in [9.17, 15) is 4.79 Å². The molecule has 0 saturated heterocycles. The summed E-state index contributed by atoms with van der Waals surface area (Å²) in [4.78, 5) is 11.7. The van der Waals surface area contributed by atoms with Crippen LogP contribution in [0, 0.1) is 11.3 Å². The first kappa shape index (κ1) is 14.2. The summed E-state index contributed by atoms with van der Waals surface area (Å²) in [5, 5.41) is 11.3. The van der Waals surface area contributed by atoms with Crippen LogP contribution in [0.5, 0.6) is 0 Å². The van der Waals surface area contributed by atoms with Gasteiger partial charge in [-0.1, -0.05) is 12.1 Å². The molecule has 1 unspecified atom stereocenters. The predicted molar refractivity (Wildman–Crippen MR) is 68.9 cm³/mol. The molecular formula is C13H17N3O2. The van der Waals surface area contributed by atoms with Gasteiger partial charge in [-0.25, -0.2) is 0 Å². The van der Waals surface area contributed by atoms with E-state index in [0.29, 0.717) is 25.1 Å². The highest BCUT2D eigenvalue weighted by Gasteiger charge is 2.12. The van der Waals surface area contributed by atoms with Crippen molar-refractivity contribution in [3.05, 3.63) is 29.8 Å². The van der Waals surface area contributed by atoms with Crippen LogP contribution in [0.2, 0.25) is 0 Å². The Kier molecular flexibility index (Phi) is 5.85. The molecule has 0 fully saturated rings. The Morgan fingerprint density at radius 2 is 2.17 bits per heavy atom. The van der Waals surface area contributed by atoms with Crippen LogP contribution in [-0.2, 0) is 16.0 Å². The molecule has 0 bridgehead atoms. The molecule has 5 heteroatoms. The van der Waals surface area contributed by atoms with Crippen LogP contribution in [0.3, 0.4) is 0 Å². The van der Waals surface area contributed by atoms with Gasteiger partial charge in [0.25, 0.3) is 0 Å². The van der Waals surface area contributed by atoms with Gasteiger partial charge in [0, 0.05) is 19.4 Å². The van der Waals surface area contributed by atoms with Crippen molar-refractivity contribution < 1.29 is 9.53 Å². The van der Waals surface area contributed by atoms with Gasteiger partial charge < -0.3 is 15.8 Å². The maximum Gasteiger partial charge on any atom is 0.241 e. The SMILES string of the molecule is COCCC(N)C(=O)Nc1ccc(CC#N)cc1. The molecule has 1 aromatic rings. The lowest BCUT2D eigenvalue weighted by atomic mass is 10.1. The Balaban J connectivity index is 2.51. The van der Waals surface area contributed by atoms with Gasteiger partial charge in [-0.15, -0.1) is 0 Å². The summed E-state index contributed by atoms with van der Waals surface area (Å²) in [6.07, 6.45) is 0.844. The summed E-state index contributed by atoms with van der Waals surface area (Å²) in [6, 6.07) is 8.61. The minimum Gasteiger partial charge on any atom is -0.385 e. The normalized spacial score (nSPS) is 11.6. The molecule has 0 saturated carbocycles. The molecule has 0 spiro atoms. The Morgan fingerprint density at radius 3 is 2.72 bits per heavy atom. The molecule has 3 N–H and O–H groups in total. The summed E-state index contributed by atoms with van der Waals surface area (Å²) in [7, 11) is 1.57. The second-order valence-corrected chi connectivity index (χ2v) is 3.91. The van der Waals surface area contributed by atoms with E-state index in [2.05, 4.69) is 11.4 Å². The fourth-order valence-electron chi connectivity index (χ4n) is 1.41. The zero-order chi connectivity index (χ0) is 13.4. The molecule has 1 amide bonds. The Morgan fingerprint density at radius 1 is 1.50 bits per heavy atom. The van der Waals surface area contributed by atoms with Gasteiger partial charge in [0.15, 0.2) is 0 Å². The van der Waals surface area contributed by atoms with Crippen molar-refractivity contribution in [3.8, 4) is 6.07 Å². The number of anilines is 1. The summed E-state index contributed by atoms with van der Waals surface area (Å²) in [6.45, 7) is 0.454. The maximum atomic E-state index is 11.7. The predicted octanol–water partition coefficient (Wildman–Crippen LogP) is 1.05. The third-order valence-corrected chi connectivity index (χ3v) is 2.47. The molecule has 18 heavy (non-hydrogen) atoms. The maximum absolute atomic E-state index is 11.7. The van der Waals surface area contributed by atoms with Crippen molar-refractivity contribution >= 4 is 11.6 Å². The fraction of sp³-hybridized carbons (Fsp3) is 0.385. The first-order valence-electron chi connectivity index (χ1n) is 5.68. The Labute approximate surface area is 107 Å². The van der Waals surface area contributed by atoms with Crippen molar-refractivity contribution in [1.82, 2.24) is 0 Å². The van der Waals surface area contributed by atoms with Crippen molar-refractivity contribution in [2.75, 3.05) is 19.0 Å². The molecule has 1 atom stereocenters. The molecule has 5 nitrogen and oxygen atoms in total. The Hall–Kier alpha value is -1.90. The third-order valence-electron chi connectivity index (χ3n) is 2.47. The number of nitrogens with two attached hydrogens (primary N) is 1. The van der Waals surface area contributed by atoms with Crippen LogP contribution >= 0.6 is 0 Å². The van der Waals surface area contributed by atoms with E-state index in [1.807, 2.05) is 0 Å². The number of carbonyl (C=O) groups excluding carboxylic acids is 1. The molecule has 0 aromatic heterocycles. The zero-order valence-corrected chi connectivity index (χ0v) is 10.3. The van der Waals surface area contributed by atoms with Crippen LogP contribution in [0.1, 0.15) is 12.0 Å². The van der Waals surface area contributed by atoms with Gasteiger partial charge in [-0.3, -0.25) is 4.79 Å². The second-order valence-electron chi connectivity index (χ2n) is 3.91. The van der Waals surface area contributed by atoms with E-state index in [-0.39, 0.29) is 5.91 Å². The van der Waals surface area contributed by atoms with E-state index in [1.54, 1.807) is 31.4 Å². The number of methoxy groups -OCH3 is 1. The number of nitrogens with one attached hydrogen (secondary N) is 1. The van der Waals surface area contributed by atoms with E-state index in [0.717, 1.165) is 5.56 Å². The lowest BCUT2D eigenvalue weighted by Gasteiger charge is -2.11. The van der Waals surface area contributed by atoms with Crippen molar-refractivity contribution in [2.45, 2.75) is 18.9 Å². The van der Waals surface area contributed by atoms with Crippen LogP contribution in [-0.4, -0.2) is 25.7 Å². The number of rotatable bonds is 6. The highest BCUT2D eigenvalue weighted by Crippen LogP contribution is 2.10. The monoisotopic (exact) mass is 247 g/mol. The molecular weight excluding hydrogens is 230 g/mol. The highest BCUT2D eigenvalue weighted by molar-refractivity contribution is 5.94. The van der Waals surface area contributed by atoms with Crippen LogP contribution in [0.25, 0.3) is 0 Å². The lowest BCUT2D eigenvalue weighted by Crippen LogP contribution is -2.36. The standard InChI is InChI=1S/C13H17N3O2/c1-18-9-7-12(15)13(17)16-11-4-2-10(3-5-11)6-8-14/h2-5,12H,6-7,9,15H2,1H3,(H,16,17). The van der Waals surface area contributed by atoms with Crippen LogP contribution in [0.4, 0.5) is 5.69 Å². The number of nitriles is 1. The summed E-state index contributed by atoms with van der Waals surface area (Å²) >= 11 is 0. The third kappa shape index (κ3) is 4.53. The topological polar surface area (TPSA) is 88.1 Å². The van der Waals surface area contributed by atoms with E-state index in [4.69, 9.17) is 15.7 Å². The first-order valence-corrected chi connectivity index (χ1v) is 5.68. The molecule has 0 aliphatic carbocycles. The summed E-state index contributed by atoms with van der Waals surface area (Å²) < 4.78 is 4.86. The fourth-order valence-corrected chi connectivity index (χ4v) is 1.41. The van der Waals surface area contributed by atoms with Gasteiger partial charge in [0.1, 0.15) is 0 Å². The summed E-state index contributed by atoms with van der Waals surface area (Å²) in [5.74, 6) is -0.236. The number of hydrogen-bond acceptors (Lipinski definition) is 4. The van der Waals surface area contributed by atoms with Crippen molar-refractivity contribution in [3.63, 3.8) is 0 Å². The number of amides is 1. The molecule has 1 aromatic carbocycles. The van der Waals surface area contributed by atoms with Gasteiger partial charge in [0.05, 0.1) is 18.5 Å². The minimum atomic E-state index is -0.580. The van der Waals surface area contributed by atoms with Gasteiger partial charge >= 0.3 is 0 Å². The minimum absolute atomic E-state index is 0.236. The number of hydrogen-bond donors (Lipinski definition) is 2. The lowest BCUT2D eigenvalue weighted by molar-refractivity contribution is -0.117. The molecule has 0 radical (unpaired) electrons. The molecule has 96 valence electrons. The average Bonchev–Trinajstić information content (AvgIpc) is 2.38. The number of benzene rings is 1. The van der Waals surface area contributed by atoms with E-state index >= 15 is 0 Å².